The molecule has 2 aliphatic rings. The van der Waals surface area contributed by atoms with Gasteiger partial charge in [0.1, 0.15) is 12.4 Å². The van der Waals surface area contributed by atoms with Crippen LogP contribution in [-0.2, 0) is 16.1 Å². The van der Waals surface area contributed by atoms with Crippen LogP contribution in [0.1, 0.15) is 49.5 Å². The molecule has 0 saturated carbocycles. The van der Waals surface area contributed by atoms with Crippen LogP contribution in [0.15, 0.2) is 18.2 Å². The Labute approximate surface area is 166 Å². The van der Waals surface area contributed by atoms with Crippen molar-refractivity contribution in [2.45, 2.75) is 58.4 Å². The van der Waals surface area contributed by atoms with Crippen molar-refractivity contribution in [1.29, 1.82) is 0 Å². The van der Waals surface area contributed by atoms with Gasteiger partial charge in [0.05, 0.1) is 18.2 Å². The number of hydrogen-bond donors (Lipinski definition) is 2. The molecule has 2 N–H and O–H groups in total. The van der Waals surface area contributed by atoms with Crippen molar-refractivity contribution in [3.05, 3.63) is 29.3 Å². The lowest BCUT2D eigenvalue weighted by atomic mass is 9.90. The summed E-state index contributed by atoms with van der Waals surface area (Å²) in [6.07, 6.45) is 1.63. The van der Waals surface area contributed by atoms with Gasteiger partial charge in [-0.25, -0.2) is 5.48 Å². The molecule has 0 spiro atoms. The second kappa shape index (κ2) is 8.95. The molecule has 0 radical (unpaired) electrons. The van der Waals surface area contributed by atoms with Gasteiger partial charge < -0.3 is 14.4 Å². The van der Waals surface area contributed by atoms with Gasteiger partial charge in [0, 0.05) is 23.6 Å². The Morgan fingerprint density at radius 1 is 1.19 bits per heavy atom. The number of rotatable bonds is 2. The topological polar surface area (TPSA) is 88.1 Å². The van der Waals surface area contributed by atoms with Gasteiger partial charge in [0.15, 0.2) is 0 Å². The quantitative estimate of drug-likeness (QED) is 0.591. The third-order valence-corrected chi connectivity index (χ3v) is 5.11. The van der Waals surface area contributed by atoms with Crippen LogP contribution < -0.4 is 10.2 Å². The molecular weight excluding hydrogens is 368 g/mol. The molecule has 2 amide bonds. The lowest BCUT2D eigenvalue weighted by Crippen LogP contribution is -2.46. The van der Waals surface area contributed by atoms with Crippen LogP contribution in [0.25, 0.3) is 0 Å². The van der Waals surface area contributed by atoms with Crippen LogP contribution in [-0.4, -0.2) is 46.8 Å². The van der Waals surface area contributed by atoms with E-state index in [4.69, 9.17) is 14.7 Å². The molecule has 150 valence electrons. The minimum Gasteiger partial charge on any atom is -0.491 e. The van der Waals surface area contributed by atoms with E-state index in [-0.39, 0.29) is 43.6 Å². The average Bonchev–Trinajstić information content (AvgIpc) is 2.78. The van der Waals surface area contributed by atoms with E-state index in [1.165, 1.54) is 0 Å². The SMILES string of the molecule is CC1CC(C(=O)N2Cc3ccc(C(=O)NO)cc3OC[C@@H]2C)CC(C)O1.S. The van der Waals surface area contributed by atoms with Gasteiger partial charge in [0.25, 0.3) is 5.91 Å². The van der Waals surface area contributed by atoms with E-state index >= 15 is 0 Å². The van der Waals surface area contributed by atoms with Crippen molar-refractivity contribution in [2.24, 2.45) is 5.92 Å². The normalized spacial score (nSPS) is 27.5. The number of nitrogens with one attached hydrogen (secondary N) is 1. The molecule has 2 unspecified atom stereocenters. The number of amides is 2. The molecule has 1 saturated heterocycles. The Morgan fingerprint density at radius 2 is 1.85 bits per heavy atom. The molecule has 3 atom stereocenters. The number of carbonyl (C=O) groups is 2. The fourth-order valence-corrected chi connectivity index (χ4v) is 3.80. The molecule has 0 bridgehead atoms. The van der Waals surface area contributed by atoms with Crippen molar-refractivity contribution in [3.63, 3.8) is 0 Å². The first-order valence-electron chi connectivity index (χ1n) is 9.05. The number of carbonyl (C=O) groups excluding carboxylic acids is 2. The fraction of sp³-hybridized carbons (Fsp3) is 0.579. The summed E-state index contributed by atoms with van der Waals surface area (Å²) < 4.78 is 11.6. The van der Waals surface area contributed by atoms with Gasteiger partial charge in [-0.2, -0.15) is 13.5 Å². The van der Waals surface area contributed by atoms with E-state index in [9.17, 15) is 9.59 Å². The monoisotopic (exact) mass is 396 g/mol. The minimum atomic E-state index is -0.591. The van der Waals surface area contributed by atoms with Crippen LogP contribution >= 0.6 is 13.5 Å². The minimum absolute atomic E-state index is 0. The first kappa shape index (κ1) is 21.5. The van der Waals surface area contributed by atoms with Gasteiger partial charge in [-0.05, 0) is 45.7 Å². The van der Waals surface area contributed by atoms with Gasteiger partial charge in [-0.1, -0.05) is 6.07 Å². The molecule has 0 aromatic heterocycles. The lowest BCUT2D eigenvalue weighted by molar-refractivity contribution is -0.146. The molecule has 0 aliphatic carbocycles. The maximum absolute atomic E-state index is 13.2. The molecule has 3 rings (SSSR count). The van der Waals surface area contributed by atoms with Crippen molar-refractivity contribution >= 4 is 25.3 Å². The van der Waals surface area contributed by atoms with Crippen LogP contribution in [0.4, 0.5) is 0 Å². The smallest absolute Gasteiger partial charge is 0.274 e. The number of benzene rings is 1. The Bertz CT molecular complexity index is 689. The van der Waals surface area contributed by atoms with Crippen molar-refractivity contribution in [1.82, 2.24) is 10.4 Å². The molecule has 1 fully saturated rings. The van der Waals surface area contributed by atoms with Crippen molar-refractivity contribution in [3.8, 4) is 5.75 Å². The van der Waals surface area contributed by atoms with E-state index in [0.29, 0.717) is 24.5 Å². The van der Waals surface area contributed by atoms with Crippen LogP contribution in [0, 0.1) is 5.92 Å². The summed E-state index contributed by atoms with van der Waals surface area (Å²) in [6.45, 7) is 6.78. The Morgan fingerprint density at radius 3 is 2.48 bits per heavy atom. The molecule has 2 aliphatic heterocycles. The molecule has 8 heteroatoms. The van der Waals surface area contributed by atoms with Gasteiger partial charge >= 0.3 is 0 Å². The first-order chi connectivity index (χ1) is 12.4. The zero-order valence-corrected chi connectivity index (χ0v) is 16.9. The number of ether oxygens (including phenoxy) is 2. The maximum atomic E-state index is 13.2. The van der Waals surface area contributed by atoms with Gasteiger partial charge in [0.2, 0.25) is 5.91 Å². The van der Waals surface area contributed by atoms with Crippen LogP contribution in [0.2, 0.25) is 0 Å². The van der Waals surface area contributed by atoms with Crippen molar-refractivity contribution in [2.75, 3.05) is 6.61 Å². The maximum Gasteiger partial charge on any atom is 0.274 e. The summed E-state index contributed by atoms with van der Waals surface area (Å²) in [5.74, 6) is 0.0686. The zero-order chi connectivity index (χ0) is 18.8. The van der Waals surface area contributed by atoms with Crippen LogP contribution in [0.5, 0.6) is 5.75 Å². The van der Waals surface area contributed by atoms with E-state index in [1.54, 1.807) is 23.7 Å². The zero-order valence-electron chi connectivity index (χ0n) is 15.9. The highest BCUT2D eigenvalue weighted by molar-refractivity contribution is 7.59. The molecule has 2 heterocycles. The molecule has 7 nitrogen and oxygen atoms in total. The standard InChI is InChI=1S/C19H26N2O5.H2S/c1-11-10-25-17-8-14(18(22)20-24)4-5-15(17)9-21(11)19(23)16-6-12(2)26-13(3)7-16;/h4-5,8,11-13,16,24H,6-7,9-10H2,1-3H3,(H,20,22);1H2/t11-,12?,13?,16?;/m0./s1. The predicted molar refractivity (Wildman–Crippen MR) is 104 cm³/mol. The second-order valence-corrected chi connectivity index (χ2v) is 7.32. The van der Waals surface area contributed by atoms with E-state index < -0.39 is 5.91 Å². The summed E-state index contributed by atoms with van der Waals surface area (Å²) in [7, 11) is 0. The Balaban J connectivity index is 0.00000261. The highest BCUT2D eigenvalue weighted by Gasteiger charge is 2.35. The Kier molecular flexibility index (Phi) is 7.13. The summed E-state index contributed by atoms with van der Waals surface area (Å²) in [5, 5.41) is 8.79. The number of fused-ring (bicyclic) bond motifs is 1. The third kappa shape index (κ3) is 4.75. The largest absolute Gasteiger partial charge is 0.491 e. The van der Waals surface area contributed by atoms with E-state index in [2.05, 4.69) is 0 Å². The third-order valence-electron chi connectivity index (χ3n) is 5.11. The average molecular weight is 397 g/mol. The number of nitrogens with zero attached hydrogens (tertiary/aromatic N) is 1. The summed E-state index contributed by atoms with van der Waals surface area (Å²) in [6, 6.07) is 4.91. The molecule has 1 aromatic carbocycles. The Hall–Kier alpha value is -1.77. The van der Waals surface area contributed by atoms with Gasteiger partial charge in [-0.3, -0.25) is 14.8 Å². The van der Waals surface area contributed by atoms with E-state index in [0.717, 1.165) is 18.4 Å². The summed E-state index contributed by atoms with van der Waals surface area (Å²) in [4.78, 5) is 26.6. The molecule has 27 heavy (non-hydrogen) atoms. The highest BCUT2D eigenvalue weighted by Crippen LogP contribution is 2.31. The molecular formula is C19H28N2O5S. The number of hydrogen-bond acceptors (Lipinski definition) is 5. The predicted octanol–water partition coefficient (Wildman–Crippen LogP) is 2.23. The summed E-state index contributed by atoms with van der Waals surface area (Å²) >= 11 is 0. The first-order valence-corrected chi connectivity index (χ1v) is 9.05. The van der Waals surface area contributed by atoms with E-state index in [1.807, 2.05) is 25.7 Å². The summed E-state index contributed by atoms with van der Waals surface area (Å²) in [5.41, 5.74) is 2.78. The van der Waals surface area contributed by atoms with Crippen molar-refractivity contribution < 1.29 is 24.3 Å². The van der Waals surface area contributed by atoms with Gasteiger partial charge in [-0.15, -0.1) is 0 Å². The molecule has 1 aromatic rings. The lowest BCUT2D eigenvalue weighted by Gasteiger charge is -2.36. The number of hydroxylamine groups is 1. The highest BCUT2D eigenvalue weighted by atomic mass is 32.1. The second-order valence-electron chi connectivity index (χ2n) is 7.32. The van der Waals surface area contributed by atoms with Crippen LogP contribution in [0.3, 0.4) is 0 Å². The fourth-order valence-electron chi connectivity index (χ4n) is 3.80.